The van der Waals surface area contributed by atoms with Crippen LogP contribution in [-0.4, -0.2) is 54.2 Å². The highest BCUT2D eigenvalue weighted by Crippen LogP contribution is 2.28. The molecule has 2 aromatic rings. The van der Waals surface area contributed by atoms with E-state index in [1.807, 2.05) is 0 Å². The number of likely N-dealkylation sites (tertiary alicyclic amines) is 1. The van der Waals surface area contributed by atoms with Crippen LogP contribution in [0.3, 0.4) is 0 Å². The SMILES string of the molecule is Fc1ccc(-c2noc([C@@H]3CCCN(C[C@@H]4CCOCO4)C3)n2)cc1. The fourth-order valence-electron chi connectivity index (χ4n) is 3.47. The summed E-state index contributed by atoms with van der Waals surface area (Å²) in [4.78, 5) is 6.95. The van der Waals surface area contributed by atoms with Gasteiger partial charge in [0, 0.05) is 18.7 Å². The Balaban J connectivity index is 1.40. The largest absolute Gasteiger partial charge is 0.355 e. The maximum atomic E-state index is 13.0. The molecule has 0 amide bonds. The van der Waals surface area contributed by atoms with E-state index < -0.39 is 0 Å². The van der Waals surface area contributed by atoms with Crippen LogP contribution in [0, 0.1) is 5.82 Å². The molecule has 0 spiro atoms. The third kappa shape index (κ3) is 4.05. The smallest absolute Gasteiger partial charge is 0.231 e. The zero-order valence-corrected chi connectivity index (χ0v) is 14.1. The van der Waals surface area contributed by atoms with Gasteiger partial charge in [0.15, 0.2) is 0 Å². The van der Waals surface area contributed by atoms with Gasteiger partial charge in [-0.15, -0.1) is 0 Å². The summed E-state index contributed by atoms with van der Waals surface area (Å²) in [6.45, 7) is 4.04. The lowest BCUT2D eigenvalue weighted by Gasteiger charge is -2.34. The third-order valence-corrected chi connectivity index (χ3v) is 4.83. The quantitative estimate of drug-likeness (QED) is 0.848. The van der Waals surface area contributed by atoms with Crippen LogP contribution in [-0.2, 0) is 9.47 Å². The first kappa shape index (κ1) is 16.6. The average molecular weight is 347 g/mol. The molecule has 2 saturated heterocycles. The van der Waals surface area contributed by atoms with Gasteiger partial charge in [-0.05, 0) is 50.1 Å². The highest BCUT2D eigenvalue weighted by molar-refractivity contribution is 5.53. The minimum Gasteiger partial charge on any atom is -0.355 e. The first-order valence-electron chi connectivity index (χ1n) is 8.79. The van der Waals surface area contributed by atoms with E-state index >= 15 is 0 Å². The summed E-state index contributed by atoms with van der Waals surface area (Å²) in [7, 11) is 0. The van der Waals surface area contributed by atoms with Crippen LogP contribution in [0.1, 0.15) is 31.1 Å². The standard InChI is InChI=1S/C18H22FN3O3/c19-15-5-3-13(4-6-15)17-20-18(25-21-17)14-2-1-8-22(10-14)11-16-7-9-23-12-24-16/h3-6,14,16H,1-2,7-12H2/t14-,16+/m1/s1. The van der Waals surface area contributed by atoms with E-state index in [4.69, 9.17) is 14.0 Å². The summed E-state index contributed by atoms with van der Waals surface area (Å²) in [5.74, 6) is 1.14. The van der Waals surface area contributed by atoms with Crippen LogP contribution >= 0.6 is 0 Å². The maximum Gasteiger partial charge on any atom is 0.231 e. The number of benzene rings is 1. The molecule has 7 heteroatoms. The second kappa shape index (κ2) is 7.59. The molecule has 0 saturated carbocycles. The van der Waals surface area contributed by atoms with E-state index in [0.717, 1.165) is 51.1 Å². The van der Waals surface area contributed by atoms with Gasteiger partial charge >= 0.3 is 0 Å². The first-order chi connectivity index (χ1) is 12.3. The highest BCUT2D eigenvalue weighted by Gasteiger charge is 2.28. The van der Waals surface area contributed by atoms with E-state index in [2.05, 4.69) is 15.0 Å². The van der Waals surface area contributed by atoms with Crippen LogP contribution in [0.25, 0.3) is 11.4 Å². The van der Waals surface area contributed by atoms with E-state index in [1.54, 1.807) is 12.1 Å². The molecule has 0 N–H and O–H groups in total. The van der Waals surface area contributed by atoms with E-state index in [0.29, 0.717) is 18.5 Å². The summed E-state index contributed by atoms with van der Waals surface area (Å²) in [5.41, 5.74) is 0.764. The molecule has 2 aliphatic rings. The Morgan fingerprint density at radius 2 is 2.08 bits per heavy atom. The van der Waals surface area contributed by atoms with Crippen LogP contribution in [0.2, 0.25) is 0 Å². The van der Waals surface area contributed by atoms with Gasteiger partial charge in [0.1, 0.15) is 12.6 Å². The van der Waals surface area contributed by atoms with Gasteiger partial charge in [0.05, 0.1) is 18.6 Å². The monoisotopic (exact) mass is 347 g/mol. The number of halogens is 1. The van der Waals surface area contributed by atoms with Gasteiger partial charge in [-0.1, -0.05) is 5.16 Å². The van der Waals surface area contributed by atoms with Crippen LogP contribution in [0.4, 0.5) is 4.39 Å². The van der Waals surface area contributed by atoms with Crippen LogP contribution in [0.15, 0.2) is 28.8 Å². The molecule has 0 radical (unpaired) electrons. The second-order valence-corrected chi connectivity index (χ2v) is 6.67. The Morgan fingerprint density at radius 3 is 2.88 bits per heavy atom. The molecule has 1 aromatic carbocycles. The molecule has 134 valence electrons. The molecule has 2 fully saturated rings. The maximum absolute atomic E-state index is 13.0. The predicted molar refractivity (Wildman–Crippen MR) is 88.4 cm³/mol. The van der Waals surface area contributed by atoms with Crippen LogP contribution < -0.4 is 0 Å². The van der Waals surface area contributed by atoms with E-state index in [1.165, 1.54) is 12.1 Å². The van der Waals surface area contributed by atoms with Crippen molar-refractivity contribution in [1.29, 1.82) is 0 Å². The Kier molecular flexibility index (Phi) is 5.05. The highest BCUT2D eigenvalue weighted by atomic mass is 19.1. The van der Waals surface area contributed by atoms with Crippen molar-refractivity contribution in [2.45, 2.75) is 31.3 Å². The fourth-order valence-corrected chi connectivity index (χ4v) is 3.47. The van der Waals surface area contributed by atoms with Gasteiger partial charge in [0.2, 0.25) is 11.7 Å². The minimum absolute atomic E-state index is 0.232. The Labute approximate surface area is 145 Å². The van der Waals surface area contributed by atoms with Gasteiger partial charge in [-0.2, -0.15) is 4.98 Å². The fraction of sp³-hybridized carbons (Fsp3) is 0.556. The molecule has 2 aliphatic heterocycles. The second-order valence-electron chi connectivity index (χ2n) is 6.67. The minimum atomic E-state index is -0.272. The van der Waals surface area contributed by atoms with Crippen molar-refractivity contribution < 1.29 is 18.4 Å². The van der Waals surface area contributed by atoms with Crippen molar-refractivity contribution >= 4 is 0 Å². The number of piperidine rings is 1. The molecule has 2 atom stereocenters. The molecular weight excluding hydrogens is 325 g/mol. The van der Waals surface area contributed by atoms with Gasteiger partial charge in [-0.3, -0.25) is 4.90 Å². The number of rotatable bonds is 4. The van der Waals surface area contributed by atoms with Gasteiger partial charge < -0.3 is 14.0 Å². The van der Waals surface area contributed by atoms with Crippen molar-refractivity contribution in [2.24, 2.45) is 0 Å². The lowest BCUT2D eigenvalue weighted by Crippen LogP contribution is -2.42. The number of hydrogen-bond donors (Lipinski definition) is 0. The summed E-state index contributed by atoms with van der Waals surface area (Å²) >= 11 is 0. The molecule has 0 aliphatic carbocycles. The van der Waals surface area contributed by atoms with E-state index in [-0.39, 0.29) is 17.8 Å². The Bertz CT molecular complexity index is 685. The lowest BCUT2D eigenvalue weighted by atomic mass is 9.97. The molecule has 3 heterocycles. The number of hydrogen-bond acceptors (Lipinski definition) is 6. The predicted octanol–water partition coefficient (Wildman–Crippen LogP) is 2.82. The normalized spacial score (nSPS) is 25.2. The van der Waals surface area contributed by atoms with Crippen LogP contribution in [0.5, 0.6) is 0 Å². The third-order valence-electron chi connectivity index (χ3n) is 4.83. The number of nitrogens with zero attached hydrogens (tertiary/aromatic N) is 3. The average Bonchev–Trinajstić information content (AvgIpc) is 3.14. The summed E-state index contributed by atoms with van der Waals surface area (Å²) in [5, 5.41) is 4.06. The molecule has 6 nitrogen and oxygen atoms in total. The number of aromatic nitrogens is 2. The summed E-state index contributed by atoms with van der Waals surface area (Å²) in [6.07, 6.45) is 3.32. The molecule has 25 heavy (non-hydrogen) atoms. The van der Waals surface area contributed by atoms with Gasteiger partial charge in [0.25, 0.3) is 0 Å². The van der Waals surface area contributed by atoms with Crippen molar-refractivity contribution in [3.8, 4) is 11.4 Å². The Hall–Kier alpha value is -1.83. The van der Waals surface area contributed by atoms with Crippen molar-refractivity contribution in [1.82, 2.24) is 15.0 Å². The molecule has 0 bridgehead atoms. The van der Waals surface area contributed by atoms with Crippen molar-refractivity contribution in [2.75, 3.05) is 33.0 Å². The molecule has 1 aromatic heterocycles. The topological polar surface area (TPSA) is 60.6 Å². The first-order valence-corrected chi connectivity index (χ1v) is 8.79. The van der Waals surface area contributed by atoms with Crippen molar-refractivity contribution in [3.05, 3.63) is 36.0 Å². The lowest BCUT2D eigenvalue weighted by molar-refractivity contribution is -0.145. The molecular formula is C18H22FN3O3. The Morgan fingerprint density at radius 1 is 1.20 bits per heavy atom. The zero-order chi connectivity index (χ0) is 17.1. The summed E-state index contributed by atoms with van der Waals surface area (Å²) in [6, 6.07) is 6.14. The summed E-state index contributed by atoms with van der Waals surface area (Å²) < 4.78 is 29.4. The number of ether oxygens (including phenoxy) is 2. The molecule has 0 unspecified atom stereocenters. The van der Waals surface area contributed by atoms with E-state index in [9.17, 15) is 4.39 Å². The molecule has 4 rings (SSSR count). The van der Waals surface area contributed by atoms with Gasteiger partial charge in [-0.25, -0.2) is 4.39 Å². The van der Waals surface area contributed by atoms with Crippen molar-refractivity contribution in [3.63, 3.8) is 0 Å². The zero-order valence-electron chi connectivity index (χ0n) is 14.1.